The van der Waals surface area contributed by atoms with Gasteiger partial charge in [-0.1, -0.05) is 18.2 Å². The van der Waals surface area contributed by atoms with Crippen LogP contribution >= 0.6 is 35.7 Å². The van der Waals surface area contributed by atoms with Gasteiger partial charge in [-0.2, -0.15) is 0 Å². The molecule has 1 fully saturated rings. The average molecular weight is 520 g/mol. The summed E-state index contributed by atoms with van der Waals surface area (Å²) in [5.74, 6) is 2.35. The van der Waals surface area contributed by atoms with E-state index >= 15 is 0 Å². The fourth-order valence-corrected chi connectivity index (χ4v) is 3.64. The third kappa shape index (κ3) is 9.47. The van der Waals surface area contributed by atoms with Crippen molar-refractivity contribution in [1.29, 1.82) is 0 Å². The number of likely N-dealkylation sites (N-methyl/N-ethyl adjacent to an activating group) is 1. The normalized spacial score (nSPS) is 14.9. The summed E-state index contributed by atoms with van der Waals surface area (Å²) in [6, 6.07) is 10.4. The standard InChI is InChI=1S/C20H32N4O2S.HI/c1-23(2)19(25)15-22-20(24(3)16-17-9-12-26-13-10-17)21-11-14-27-18-7-5-4-6-8-18;/h4-8,17H,9-16H2,1-3H3,(H,21,22);1H. The van der Waals surface area contributed by atoms with Crippen molar-refractivity contribution in [2.75, 3.05) is 59.7 Å². The quantitative estimate of drug-likeness (QED) is 0.188. The molecule has 1 amide bonds. The lowest BCUT2D eigenvalue weighted by atomic mass is 10.00. The smallest absolute Gasteiger partial charge is 0.243 e. The van der Waals surface area contributed by atoms with E-state index < -0.39 is 0 Å². The Bertz CT molecular complexity index is 595. The number of halogens is 1. The molecular formula is C20H33IN4O2S. The number of amides is 1. The molecular weight excluding hydrogens is 487 g/mol. The van der Waals surface area contributed by atoms with Crippen molar-refractivity contribution in [3.8, 4) is 0 Å². The summed E-state index contributed by atoms with van der Waals surface area (Å²) in [5.41, 5.74) is 0. The second-order valence-electron chi connectivity index (χ2n) is 6.95. The molecule has 1 heterocycles. The second-order valence-corrected chi connectivity index (χ2v) is 8.12. The first-order valence-electron chi connectivity index (χ1n) is 9.51. The number of nitrogens with one attached hydrogen (secondary N) is 1. The molecule has 0 spiro atoms. The van der Waals surface area contributed by atoms with Crippen molar-refractivity contribution in [3.05, 3.63) is 30.3 Å². The average Bonchev–Trinajstić information content (AvgIpc) is 2.68. The van der Waals surface area contributed by atoms with E-state index in [4.69, 9.17) is 4.74 Å². The summed E-state index contributed by atoms with van der Waals surface area (Å²) in [5, 5.41) is 3.43. The third-order valence-corrected chi connectivity index (χ3v) is 5.51. The van der Waals surface area contributed by atoms with Crippen molar-refractivity contribution < 1.29 is 9.53 Å². The van der Waals surface area contributed by atoms with E-state index in [9.17, 15) is 4.79 Å². The highest BCUT2D eigenvalue weighted by atomic mass is 127. The van der Waals surface area contributed by atoms with Gasteiger partial charge in [0, 0.05) is 58.1 Å². The van der Waals surface area contributed by atoms with E-state index in [2.05, 4.69) is 39.5 Å². The summed E-state index contributed by atoms with van der Waals surface area (Å²) in [7, 11) is 5.56. The summed E-state index contributed by atoms with van der Waals surface area (Å²) in [6.07, 6.45) is 2.16. The van der Waals surface area contributed by atoms with Crippen molar-refractivity contribution in [2.45, 2.75) is 17.7 Å². The maximum Gasteiger partial charge on any atom is 0.243 e. The first-order valence-corrected chi connectivity index (χ1v) is 10.5. The molecule has 1 saturated heterocycles. The van der Waals surface area contributed by atoms with Crippen LogP contribution in [0.15, 0.2) is 40.2 Å². The summed E-state index contributed by atoms with van der Waals surface area (Å²) in [4.78, 5) is 21.5. The summed E-state index contributed by atoms with van der Waals surface area (Å²) < 4.78 is 5.45. The molecule has 28 heavy (non-hydrogen) atoms. The lowest BCUT2D eigenvalue weighted by Gasteiger charge is -2.29. The van der Waals surface area contributed by atoms with Crippen LogP contribution in [0.2, 0.25) is 0 Å². The molecule has 1 aliphatic heterocycles. The van der Waals surface area contributed by atoms with Gasteiger partial charge in [-0.05, 0) is 30.9 Å². The van der Waals surface area contributed by atoms with Crippen molar-refractivity contribution in [1.82, 2.24) is 15.1 Å². The van der Waals surface area contributed by atoms with Gasteiger partial charge < -0.3 is 19.9 Å². The van der Waals surface area contributed by atoms with E-state index in [0.29, 0.717) is 5.92 Å². The van der Waals surface area contributed by atoms with Gasteiger partial charge in [0.1, 0.15) is 6.54 Å². The highest BCUT2D eigenvalue weighted by Gasteiger charge is 2.18. The zero-order valence-corrected chi connectivity index (χ0v) is 20.2. The Balaban J connectivity index is 0.00000392. The molecule has 0 atom stereocenters. The number of ether oxygens (including phenoxy) is 1. The molecule has 6 nitrogen and oxygen atoms in total. The lowest BCUT2D eigenvalue weighted by molar-refractivity contribution is -0.127. The maximum absolute atomic E-state index is 11.9. The molecule has 2 rings (SSSR count). The van der Waals surface area contributed by atoms with Gasteiger partial charge in [0.05, 0.1) is 0 Å². The van der Waals surface area contributed by atoms with Gasteiger partial charge in [0.15, 0.2) is 5.96 Å². The van der Waals surface area contributed by atoms with Gasteiger partial charge in [-0.3, -0.25) is 4.79 Å². The van der Waals surface area contributed by atoms with Crippen LogP contribution in [0.3, 0.4) is 0 Å². The highest BCUT2D eigenvalue weighted by Crippen LogP contribution is 2.17. The number of rotatable bonds is 8. The zero-order valence-electron chi connectivity index (χ0n) is 17.1. The Kier molecular flexibility index (Phi) is 12.6. The Morgan fingerprint density at radius 2 is 1.89 bits per heavy atom. The molecule has 1 aliphatic rings. The number of benzene rings is 1. The van der Waals surface area contributed by atoms with Gasteiger partial charge >= 0.3 is 0 Å². The molecule has 0 radical (unpaired) electrons. The minimum atomic E-state index is 0. The molecule has 0 aliphatic carbocycles. The van der Waals surface area contributed by atoms with Crippen molar-refractivity contribution in [2.24, 2.45) is 10.9 Å². The molecule has 0 bridgehead atoms. The Morgan fingerprint density at radius 3 is 2.54 bits per heavy atom. The molecule has 0 aromatic heterocycles. The number of carbonyl (C=O) groups is 1. The highest BCUT2D eigenvalue weighted by molar-refractivity contribution is 14.0. The molecule has 0 saturated carbocycles. The van der Waals surface area contributed by atoms with E-state index in [-0.39, 0.29) is 36.4 Å². The topological polar surface area (TPSA) is 57.2 Å². The van der Waals surface area contributed by atoms with Gasteiger partial charge in [-0.25, -0.2) is 4.99 Å². The monoisotopic (exact) mass is 520 g/mol. The van der Waals surface area contributed by atoms with E-state index in [1.165, 1.54) is 4.90 Å². The molecule has 158 valence electrons. The van der Waals surface area contributed by atoms with Gasteiger partial charge in [-0.15, -0.1) is 35.7 Å². The minimum absolute atomic E-state index is 0. The number of hydrogen-bond acceptors (Lipinski definition) is 4. The fourth-order valence-electron chi connectivity index (χ4n) is 2.85. The molecule has 1 N–H and O–H groups in total. The van der Waals surface area contributed by atoms with Crippen molar-refractivity contribution >= 4 is 47.6 Å². The van der Waals surface area contributed by atoms with Gasteiger partial charge in [0.2, 0.25) is 5.91 Å². The Morgan fingerprint density at radius 1 is 1.21 bits per heavy atom. The van der Waals surface area contributed by atoms with E-state index in [1.807, 2.05) is 24.9 Å². The molecule has 0 unspecified atom stereocenters. The van der Waals surface area contributed by atoms with Crippen LogP contribution < -0.4 is 5.32 Å². The maximum atomic E-state index is 11.9. The summed E-state index contributed by atoms with van der Waals surface area (Å²) in [6.45, 7) is 3.57. The fraction of sp³-hybridized carbons (Fsp3) is 0.600. The molecule has 1 aromatic rings. The SMILES string of the molecule is CN(C)C(=O)CN=C(NCCSc1ccccc1)N(C)CC1CCOCC1.I. The van der Waals surface area contributed by atoms with Crippen LogP contribution in [-0.2, 0) is 9.53 Å². The van der Waals surface area contributed by atoms with E-state index in [0.717, 1.165) is 50.9 Å². The molecule has 8 heteroatoms. The number of nitrogens with zero attached hydrogens (tertiary/aromatic N) is 3. The van der Waals surface area contributed by atoms with Crippen LogP contribution in [0.1, 0.15) is 12.8 Å². The Labute approximate surface area is 190 Å². The number of hydrogen-bond donors (Lipinski definition) is 1. The van der Waals surface area contributed by atoms with Crippen LogP contribution in [-0.4, -0.2) is 81.4 Å². The van der Waals surface area contributed by atoms with E-state index in [1.54, 1.807) is 19.0 Å². The van der Waals surface area contributed by atoms with Crippen molar-refractivity contribution in [3.63, 3.8) is 0 Å². The third-order valence-electron chi connectivity index (χ3n) is 4.49. The van der Waals surface area contributed by atoms with Crippen LogP contribution in [0.4, 0.5) is 0 Å². The molecule has 1 aromatic carbocycles. The van der Waals surface area contributed by atoms with Crippen LogP contribution in [0.25, 0.3) is 0 Å². The predicted octanol–water partition coefficient (Wildman–Crippen LogP) is 2.79. The number of guanidine groups is 1. The second kappa shape index (κ2) is 14.1. The van der Waals surface area contributed by atoms with Crippen LogP contribution in [0.5, 0.6) is 0 Å². The number of aliphatic imine (C=N–C) groups is 1. The minimum Gasteiger partial charge on any atom is -0.381 e. The summed E-state index contributed by atoms with van der Waals surface area (Å²) >= 11 is 1.81. The largest absolute Gasteiger partial charge is 0.381 e. The predicted molar refractivity (Wildman–Crippen MR) is 128 cm³/mol. The van der Waals surface area contributed by atoms with Crippen LogP contribution in [0, 0.1) is 5.92 Å². The number of carbonyl (C=O) groups excluding carboxylic acids is 1. The van der Waals surface area contributed by atoms with Gasteiger partial charge in [0.25, 0.3) is 0 Å². The zero-order chi connectivity index (χ0) is 19.5. The first kappa shape index (κ1) is 25.0. The first-order chi connectivity index (χ1) is 13.1. The Hall–Kier alpha value is -1.000. The lowest BCUT2D eigenvalue weighted by Crippen LogP contribution is -2.43. The number of thioether (sulfide) groups is 1.